The van der Waals surface area contributed by atoms with E-state index in [1.807, 2.05) is 12.3 Å². The van der Waals surface area contributed by atoms with Crippen LogP contribution in [0, 0.1) is 6.92 Å². The van der Waals surface area contributed by atoms with Gasteiger partial charge in [-0.3, -0.25) is 9.69 Å². The molecule has 1 aliphatic rings. The van der Waals surface area contributed by atoms with Gasteiger partial charge < -0.3 is 9.84 Å². The SMILES string of the molecule is Cc1nc(C(C)N2CCOCC2CC(=O)O)cs1. The lowest BCUT2D eigenvalue weighted by Gasteiger charge is -2.38. The van der Waals surface area contributed by atoms with E-state index in [1.54, 1.807) is 11.3 Å². The lowest BCUT2D eigenvalue weighted by Crippen LogP contribution is -2.47. The van der Waals surface area contributed by atoms with Crippen LogP contribution in [0.1, 0.15) is 30.1 Å². The Kier molecular flexibility index (Phi) is 4.31. The average molecular weight is 270 g/mol. The fraction of sp³-hybridized carbons (Fsp3) is 0.667. The van der Waals surface area contributed by atoms with Gasteiger partial charge in [-0.15, -0.1) is 11.3 Å². The second-order valence-electron chi connectivity index (χ2n) is 4.53. The third-order valence-electron chi connectivity index (χ3n) is 3.25. The van der Waals surface area contributed by atoms with Crippen LogP contribution >= 0.6 is 11.3 Å². The first-order chi connectivity index (χ1) is 8.58. The summed E-state index contributed by atoms with van der Waals surface area (Å²) < 4.78 is 5.38. The Labute approximate surface area is 110 Å². The fourth-order valence-corrected chi connectivity index (χ4v) is 3.00. The molecule has 0 aliphatic carbocycles. The predicted octanol–water partition coefficient (Wildman–Crippen LogP) is 1.69. The number of ether oxygens (including phenoxy) is 1. The molecule has 1 aromatic rings. The van der Waals surface area contributed by atoms with E-state index in [9.17, 15) is 4.79 Å². The Hall–Kier alpha value is -0.980. The second kappa shape index (κ2) is 5.77. The first-order valence-corrected chi connectivity index (χ1v) is 6.93. The molecule has 0 bridgehead atoms. The maximum atomic E-state index is 10.9. The number of aliphatic carboxylic acids is 1. The highest BCUT2D eigenvalue weighted by Crippen LogP contribution is 2.26. The first kappa shape index (κ1) is 13.5. The van der Waals surface area contributed by atoms with Gasteiger partial charge in [0.2, 0.25) is 0 Å². The van der Waals surface area contributed by atoms with Gasteiger partial charge in [0.25, 0.3) is 0 Å². The molecular weight excluding hydrogens is 252 g/mol. The van der Waals surface area contributed by atoms with Crippen molar-refractivity contribution in [3.63, 3.8) is 0 Å². The van der Waals surface area contributed by atoms with Gasteiger partial charge in [-0.05, 0) is 13.8 Å². The second-order valence-corrected chi connectivity index (χ2v) is 5.59. The van der Waals surface area contributed by atoms with Crippen LogP contribution in [0.5, 0.6) is 0 Å². The van der Waals surface area contributed by atoms with Crippen LogP contribution < -0.4 is 0 Å². The van der Waals surface area contributed by atoms with Crippen molar-refractivity contribution in [2.75, 3.05) is 19.8 Å². The van der Waals surface area contributed by atoms with Gasteiger partial charge in [0.05, 0.1) is 36.4 Å². The van der Waals surface area contributed by atoms with Gasteiger partial charge in [0.1, 0.15) is 0 Å². The van der Waals surface area contributed by atoms with Crippen molar-refractivity contribution in [1.82, 2.24) is 9.88 Å². The maximum Gasteiger partial charge on any atom is 0.305 e. The summed E-state index contributed by atoms with van der Waals surface area (Å²) in [6, 6.07) is 0.0801. The van der Waals surface area contributed by atoms with E-state index >= 15 is 0 Å². The molecule has 2 heterocycles. The van der Waals surface area contributed by atoms with Gasteiger partial charge in [-0.2, -0.15) is 0 Å². The molecule has 2 rings (SSSR count). The third kappa shape index (κ3) is 3.07. The molecule has 100 valence electrons. The zero-order valence-corrected chi connectivity index (χ0v) is 11.4. The molecule has 0 radical (unpaired) electrons. The number of carboxylic acids is 1. The van der Waals surface area contributed by atoms with Crippen LogP contribution in [0.4, 0.5) is 0 Å². The Morgan fingerprint density at radius 1 is 1.78 bits per heavy atom. The zero-order valence-electron chi connectivity index (χ0n) is 10.6. The summed E-state index contributed by atoms with van der Waals surface area (Å²) in [7, 11) is 0. The molecule has 0 spiro atoms. The lowest BCUT2D eigenvalue weighted by molar-refractivity contribution is -0.140. The molecule has 18 heavy (non-hydrogen) atoms. The summed E-state index contributed by atoms with van der Waals surface area (Å²) >= 11 is 1.63. The molecule has 2 atom stereocenters. The van der Waals surface area contributed by atoms with E-state index in [2.05, 4.69) is 16.8 Å². The average Bonchev–Trinajstić information content (AvgIpc) is 2.75. The van der Waals surface area contributed by atoms with Gasteiger partial charge >= 0.3 is 5.97 Å². The van der Waals surface area contributed by atoms with Crippen LogP contribution in [-0.4, -0.2) is 46.8 Å². The molecule has 1 aromatic heterocycles. The Morgan fingerprint density at radius 2 is 2.56 bits per heavy atom. The molecule has 2 unspecified atom stereocenters. The van der Waals surface area contributed by atoms with E-state index in [0.717, 1.165) is 17.2 Å². The summed E-state index contributed by atoms with van der Waals surface area (Å²) in [6.45, 7) is 5.96. The summed E-state index contributed by atoms with van der Waals surface area (Å²) in [5, 5.41) is 12.0. The highest BCUT2D eigenvalue weighted by atomic mass is 32.1. The van der Waals surface area contributed by atoms with Crippen LogP contribution in [0.25, 0.3) is 0 Å². The summed E-state index contributed by atoms with van der Waals surface area (Å²) in [6.07, 6.45) is 0.119. The van der Waals surface area contributed by atoms with Crippen LogP contribution in [-0.2, 0) is 9.53 Å². The molecule has 6 heteroatoms. The zero-order chi connectivity index (χ0) is 13.1. The van der Waals surface area contributed by atoms with Gasteiger partial charge in [-0.1, -0.05) is 0 Å². The monoisotopic (exact) mass is 270 g/mol. The normalized spacial score (nSPS) is 22.9. The van der Waals surface area contributed by atoms with Gasteiger partial charge in [0, 0.05) is 18.0 Å². The summed E-state index contributed by atoms with van der Waals surface area (Å²) in [4.78, 5) is 17.6. The molecule has 5 nitrogen and oxygen atoms in total. The van der Waals surface area contributed by atoms with Crippen molar-refractivity contribution in [2.45, 2.75) is 32.4 Å². The van der Waals surface area contributed by atoms with Crippen LogP contribution in [0.15, 0.2) is 5.38 Å². The lowest BCUT2D eigenvalue weighted by atomic mass is 10.1. The van der Waals surface area contributed by atoms with Crippen molar-refractivity contribution in [3.05, 3.63) is 16.1 Å². The topological polar surface area (TPSA) is 62.7 Å². The molecule has 1 N–H and O–H groups in total. The minimum atomic E-state index is -0.780. The van der Waals surface area contributed by atoms with Crippen molar-refractivity contribution >= 4 is 17.3 Å². The number of carbonyl (C=O) groups is 1. The van der Waals surface area contributed by atoms with E-state index in [1.165, 1.54) is 0 Å². The number of morpholine rings is 1. The Bertz CT molecular complexity index is 421. The molecule has 0 saturated carbocycles. The van der Waals surface area contributed by atoms with E-state index in [-0.39, 0.29) is 18.5 Å². The molecule has 0 aromatic carbocycles. The van der Waals surface area contributed by atoms with E-state index < -0.39 is 5.97 Å². The number of aryl methyl sites for hydroxylation is 1. The van der Waals surface area contributed by atoms with Crippen molar-refractivity contribution in [2.24, 2.45) is 0 Å². The quantitative estimate of drug-likeness (QED) is 0.902. The van der Waals surface area contributed by atoms with Gasteiger partial charge in [-0.25, -0.2) is 4.98 Å². The molecular formula is C12H18N2O3S. The minimum Gasteiger partial charge on any atom is -0.481 e. The number of aromatic nitrogens is 1. The number of thiazole rings is 1. The number of rotatable bonds is 4. The Balaban J connectivity index is 2.10. The van der Waals surface area contributed by atoms with Crippen LogP contribution in [0.3, 0.4) is 0 Å². The third-order valence-corrected chi connectivity index (χ3v) is 4.04. The standard InChI is InChI=1S/C12H18N2O3S/c1-8(11-7-18-9(2)13-11)14-3-4-17-6-10(14)5-12(15)16/h7-8,10H,3-6H2,1-2H3,(H,15,16). The largest absolute Gasteiger partial charge is 0.481 e. The van der Waals surface area contributed by atoms with E-state index in [4.69, 9.17) is 9.84 Å². The van der Waals surface area contributed by atoms with Crippen LogP contribution in [0.2, 0.25) is 0 Å². The predicted molar refractivity (Wildman–Crippen MR) is 68.8 cm³/mol. The summed E-state index contributed by atoms with van der Waals surface area (Å²) in [5.74, 6) is -0.780. The first-order valence-electron chi connectivity index (χ1n) is 6.05. The van der Waals surface area contributed by atoms with Crippen molar-refractivity contribution < 1.29 is 14.6 Å². The summed E-state index contributed by atoms with van der Waals surface area (Å²) in [5.41, 5.74) is 1.02. The van der Waals surface area contributed by atoms with Crippen molar-refractivity contribution in [3.8, 4) is 0 Å². The smallest absolute Gasteiger partial charge is 0.305 e. The number of hydrogen-bond acceptors (Lipinski definition) is 5. The number of carboxylic acid groups (broad SMARTS) is 1. The molecule has 1 fully saturated rings. The number of hydrogen-bond donors (Lipinski definition) is 1. The molecule has 1 saturated heterocycles. The maximum absolute atomic E-state index is 10.9. The van der Waals surface area contributed by atoms with Crippen molar-refractivity contribution in [1.29, 1.82) is 0 Å². The Morgan fingerprint density at radius 3 is 3.17 bits per heavy atom. The minimum absolute atomic E-state index is 0.0618. The number of nitrogens with zero attached hydrogens (tertiary/aromatic N) is 2. The fourth-order valence-electron chi connectivity index (χ4n) is 2.30. The molecule has 0 amide bonds. The highest BCUT2D eigenvalue weighted by molar-refractivity contribution is 7.09. The van der Waals surface area contributed by atoms with E-state index in [0.29, 0.717) is 13.2 Å². The molecule has 1 aliphatic heterocycles. The highest BCUT2D eigenvalue weighted by Gasteiger charge is 2.30. The van der Waals surface area contributed by atoms with Gasteiger partial charge in [0.15, 0.2) is 0 Å².